The van der Waals surface area contributed by atoms with Gasteiger partial charge in [0.2, 0.25) is 0 Å². The Kier molecular flexibility index (Phi) is 3.19. The standard InChI is InChI=1S/C11H9NO3/c1-7(13)9-4-8(2-3-12)5-10(6-9)11(14)15/h4-6H,2H2,1H3,(H,14,15). The van der Waals surface area contributed by atoms with Crippen LogP contribution in [0.2, 0.25) is 0 Å². The summed E-state index contributed by atoms with van der Waals surface area (Å²) in [6, 6.07) is 6.16. The number of Topliss-reactive ketones (excluding diaryl/α,β-unsaturated/α-hetero) is 1. The molecule has 0 saturated heterocycles. The van der Waals surface area contributed by atoms with Crippen LogP contribution in [0.4, 0.5) is 0 Å². The van der Waals surface area contributed by atoms with Crippen LogP contribution in [0.5, 0.6) is 0 Å². The summed E-state index contributed by atoms with van der Waals surface area (Å²) in [5.74, 6) is -1.31. The Labute approximate surface area is 86.8 Å². The molecule has 15 heavy (non-hydrogen) atoms. The van der Waals surface area contributed by atoms with E-state index in [1.807, 2.05) is 6.07 Å². The van der Waals surface area contributed by atoms with Gasteiger partial charge in [-0.25, -0.2) is 4.79 Å². The molecule has 76 valence electrons. The predicted octanol–water partition coefficient (Wildman–Crippen LogP) is 1.65. The Morgan fingerprint density at radius 3 is 2.40 bits per heavy atom. The van der Waals surface area contributed by atoms with Crippen molar-refractivity contribution in [2.45, 2.75) is 13.3 Å². The summed E-state index contributed by atoms with van der Waals surface area (Å²) in [5, 5.41) is 17.3. The fraction of sp³-hybridized carbons (Fsp3) is 0.182. The lowest BCUT2D eigenvalue weighted by atomic mass is 10.0. The van der Waals surface area contributed by atoms with Crippen LogP contribution >= 0.6 is 0 Å². The van der Waals surface area contributed by atoms with Crippen molar-refractivity contribution in [2.75, 3.05) is 0 Å². The second kappa shape index (κ2) is 4.38. The van der Waals surface area contributed by atoms with E-state index in [0.29, 0.717) is 11.1 Å². The molecule has 1 aromatic carbocycles. The summed E-state index contributed by atoms with van der Waals surface area (Å²) < 4.78 is 0. The molecule has 0 bridgehead atoms. The van der Waals surface area contributed by atoms with Crippen LogP contribution in [0.25, 0.3) is 0 Å². The van der Waals surface area contributed by atoms with Crippen molar-refractivity contribution in [2.24, 2.45) is 0 Å². The molecule has 0 unspecified atom stereocenters. The zero-order valence-corrected chi connectivity index (χ0v) is 8.15. The fourth-order valence-electron chi connectivity index (χ4n) is 1.21. The predicted molar refractivity (Wildman–Crippen MR) is 52.7 cm³/mol. The molecule has 0 atom stereocenters. The van der Waals surface area contributed by atoms with E-state index >= 15 is 0 Å². The molecule has 1 N–H and O–H groups in total. The van der Waals surface area contributed by atoms with Crippen molar-refractivity contribution in [1.29, 1.82) is 5.26 Å². The molecule has 1 rings (SSSR count). The minimum Gasteiger partial charge on any atom is -0.478 e. The Morgan fingerprint density at radius 2 is 1.93 bits per heavy atom. The molecule has 0 aromatic heterocycles. The van der Waals surface area contributed by atoms with Gasteiger partial charge in [0.05, 0.1) is 18.1 Å². The van der Waals surface area contributed by atoms with Crippen LogP contribution in [0.3, 0.4) is 0 Å². The average molecular weight is 203 g/mol. The lowest BCUT2D eigenvalue weighted by Gasteiger charge is -2.02. The van der Waals surface area contributed by atoms with E-state index in [0.717, 1.165) is 0 Å². The van der Waals surface area contributed by atoms with E-state index < -0.39 is 5.97 Å². The van der Waals surface area contributed by atoms with Gasteiger partial charge in [-0.2, -0.15) is 5.26 Å². The number of hydrogen-bond donors (Lipinski definition) is 1. The highest BCUT2D eigenvalue weighted by molar-refractivity contribution is 5.97. The molecule has 1 aromatic rings. The Hall–Kier alpha value is -2.15. The highest BCUT2D eigenvalue weighted by Crippen LogP contribution is 2.11. The quantitative estimate of drug-likeness (QED) is 0.757. The molecule has 0 spiro atoms. The van der Waals surface area contributed by atoms with Crippen LogP contribution in [-0.2, 0) is 6.42 Å². The van der Waals surface area contributed by atoms with Crippen molar-refractivity contribution in [3.63, 3.8) is 0 Å². The third-order valence-electron chi connectivity index (χ3n) is 1.93. The van der Waals surface area contributed by atoms with E-state index in [1.54, 1.807) is 0 Å². The van der Waals surface area contributed by atoms with Gasteiger partial charge in [-0.3, -0.25) is 4.79 Å². The van der Waals surface area contributed by atoms with Crippen molar-refractivity contribution in [1.82, 2.24) is 0 Å². The number of carboxylic acids is 1. The second-order valence-corrected chi connectivity index (χ2v) is 3.11. The van der Waals surface area contributed by atoms with Crippen LogP contribution in [0.1, 0.15) is 33.2 Å². The minimum absolute atomic E-state index is 0.0351. The molecule has 0 aliphatic rings. The first-order valence-electron chi connectivity index (χ1n) is 4.29. The SMILES string of the molecule is CC(=O)c1cc(CC#N)cc(C(=O)O)c1. The van der Waals surface area contributed by atoms with E-state index in [1.165, 1.54) is 25.1 Å². The topological polar surface area (TPSA) is 78.2 Å². The van der Waals surface area contributed by atoms with Gasteiger partial charge >= 0.3 is 5.97 Å². The lowest BCUT2D eigenvalue weighted by Crippen LogP contribution is -2.02. The summed E-state index contributed by atoms with van der Waals surface area (Å²) in [7, 11) is 0. The Balaban J connectivity index is 3.27. The van der Waals surface area contributed by atoms with Crippen LogP contribution in [-0.4, -0.2) is 16.9 Å². The summed E-state index contributed by atoms with van der Waals surface area (Å²) in [6.45, 7) is 1.36. The lowest BCUT2D eigenvalue weighted by molar-refractivity contribution is 0.0696. The van der Waals surface area contributed by atoms with Crippen molar-refractivity contribution < 1.29 is 14.7 Å². The van der Waals surface area contributed by atoms with Gasteiger partial charge in [-0.05, 0) is 30.7 Å². The summed E-state index contributed by atoms with van der Waals surface area (Å²) in [4.78, 5) is 21.8. The first-order valence-corrected chi connectivity index (χ1v) is 4.29. The number of carboxylic acid groups (broad SMARTS) is 1. The number of hydrogen-bond acceptors (Lipinski definition) is 3. The Morgan fingerprint density at radius 1 is 1.33 bits per heavy atom. The Bertz CT molecular complexity index is 425. The number of benzene rings is 1. The van der Waals surface area contributed by atoms with Crippen LogP contribution < -0.4 is 0 Å². The number of ketones is 1. The van der Waals surface area contributed by atoms with Gasteiger partial charge in [0.1, 0.15) is 0 Å². The smallest absolute Gasteiger partial charge is 0.335 e. The molecular formula is C11H9NO3. The number of aromatic carboxylic acids is 1. The fourth-order valence-corrected chi connectivity index (χ4v) is 1.21. The third-order valence-corrected chi connectivity index (χ3v) is 1.93. The molecule has 0 aliphatic carbocycles. The van der Waals surface area contributed by atoms with Gasteiger partial charge in [0.15, 0.2) is 5.78 Å². The second-order valence-electron chi connectivity index (χ2n) is 3.11. The molecule has 0 heterocycles. The van der Waals surface area contributed by atoms with Crippen molar-refractivity contribution >= 4 is 11.8 Å². The number of nitrogens with zero attached hydrogens (tertiary/aromatic N) is 1. The van der Waals surface area contributed by atoms with Gasteiger partial charge < -0.3 is 5.11 Å². The zero-order valence-electron chi connectivity index (χ0n) is 8.15. The van der Waals surface area contributed by atoms with Crippen molar-refractivity contribution in [3.05, 3.63) is 34.9 Å². The highest BCUT2D eigenvalue weighted by Gasteiger charge is 2.09. The maximum atomic E-state index is 11.1. The maximum Gasteiger partial charge on any atom is 0.335 e. The number of nitriles is 1. The molecule has 0 fully saturated rings. The normalized spacial score (nSPS) is 9.33. The molecule has 0 saturated carbocycles. The van der Waals surface area contributed by atoms with Gasteiger partial charge in [-0.15, -0.1) is 0 Å². The molecule has 4 nitrogen and oxygen atoms in total. The number of rotatable bonds is 3. The summed E-state index contributed by atoms with van der Waals surface area (Å²) in [6.07, 6.45) is 0.0986. The minimum atomic E-state index is -1.10. The average Bonchev–Trinajstić information content (AvgIpc) is 2.17. The molecular weight excluding hydrogens is 194 g/mol. The monoisotopic (exact) mass is 203 g/mol. The largest absolute Gasteiger partial charge is 0.478 e. The molecule has 0 aliphatic heterocycles. The van der Waals surface area contributed by atoms with E-state index in [9.17, 15) is 9.59 Å². The molecule has 4 heteroatoms. The maximum absolute atomic E-state index is 11.1. The third kappa shape index (κ3) is 2.64. The first kappa shape index (κ1) is 10.9. The molecule has 0 amide bonds. The summed E-state index contributed by atoms with van der Waals surface area (Å²) in [5.41, 5.74) is 0.899. The van der Waals surface area contributed by atoms with Crippen LogP contribution in [0, 0.1) is 11.3 Å². The summed E-state index contributed by atoms with van der Waals surface area (Å²) >= 11 is 0. The highest BCUT2D eigenvalue weighted by atomic mass is 16.4. The van der Waals surface area contributed by atoms with E-state index in [4.69, 9.17) is 10.4 Å². The molecule has 0 radical (unpaired) electrons. The van der Waals surface area contributed by atoms with Crippen molar-refractivity contribution in [3.8, 4) is 6.07 Å². The first-order chi connectivity index (χ1) is 7.04. The van der Waals surface area contributed by atoms with E-state index in [2.05, 4.69) is 0 Å². The van der Waals surface area contributed by atoms with Gasteiger partial charge in [-0.1, -0.05) is 0 Å². The number of carbonyl (C=O) groups is 2. The number of carbonyl (C=O) groups excluding carboxylic acids is 1. The van der Waals surface area contributed by atoms with Gasteiger partial charge in [0, 0.05) is 5.56 Å². The zero-order chi connectivity index (χ0) is 11.4. The van der Waals surface area contributed by atoms with Gasteiger partial charge in [0.25, 0.3) is 0 Å². The van der Waals surface area contributed by atoms with Crippen LogP contribution in [0.15, 0.2) is 18.2 Å². The van der Waals surface area contributed by atoms with E-state index in [-0.39, 0.29) is 17.8 Å².